The maximum Gasteiger partial charge on any atom is 0.123 e. The molecular weight excluding hydrogens is 200 g/mol. The number of rotatable bonds is 5. The fourth-order valence-electron chi connectivity index (χ4n) is 0.870. The van der Waals surface area contributed by atoms with Crippen LogP contribution in [-0.4, -0.2) is 22.7 Å². The van der Waals surface area contributed by atoms with Gasteiger partial charge in [0.1, 0.15) is 5.82 Å². The maximum atomic E-state index is 5.48. The zero-order chi connectivity index (χ0) is 9.52. The van der Waals surface area contributed by atoms with Crippen molar-refractivity contribution in [2.24, 2.45) is 0 Å². The van der Waals surface area contributed by atoms with Gasteiger partial charge < -0.3 is 5.73 Å². The average Bonchev–Trinajstić information content (AvgIpc) is 2.15. The number of pyridine rings is 1. The van der Waals surface area contributed by atoms with Gasteiger partial charge in [0.2, 0.25) is 0 Å². The molecule has 2 N–H and O–H groups in total. The highest BCUT2D eigenvalue weighted by Crippen LogP contribution is 2.18. The van der Waals surface area contributed by atoms with Gasteiger partial charge in [-0.1, -0.05) is 0 Å². The molecule has 1 heterocycles. The minimum absolute atomic E-state index is 0.591. The van der Waals surface area contributed by atoms with Crippen molar-refractivity contribution < 1.29 is 0 Å². The minimum Gasteiger partial charge on any atom is -0.384 e. The average molecular weight is 214 g/mol. The summed E-state index contributed by atoms with van der Waals surface area (Å²) in [7, 11) is 0. The summed E-state index contributed by atoms with van der Waals surface area (Å²) in [4.78, 5) is 5.23. The van der Waals surface area contributed by atoms with E-state index >= 15 is 0 Å². The number of nitrogens with zero attached hydrogens (tertiary/aromatic N) is 1. The van der Waals surface area contributed by atoms with Gasteiger partial charge in [0.25, 0.3) is 0 Å². The summed E-state index contributed by atoms with van der Waals surface area (Å²) in [6.45, 7) is 0. The van der Waals surface area contributed by atoms with Crippen LogP contribution in [0.4, 0.5) is 5.82 Å². The van der Waals surface area contributed by atoms with Crippen LogP contribution in [0.25, 0.3) is 0 Å². The summed E-state index contributed by atoms with van der Waals surface area (Å²) >= 11 is 3.73. The maximum absolute atomic E-state index is 5.48. The Morgan fingerprint density at radius 1 is 1.38 bits per heavy atom. The normalized spacial score (nSPS) is 10.2. The molecule has 0 atom stereocenters. The number of hydrogen-bond acceptors (Lipinski definition) is 4. The van der Waals surface area contributed by atoms with Crippen molar-refractivity contribution >= 4 is 29.3 Å². The van der Waals surface area contributed by atoms with Crippen molar-refractivity contribution in [1.29, 1.82) is 0 Å². The zero-order valence-electron chi connectivity index (χ0n) is 7.69. The van der Waals surface area contributed by atoms with E-state index in [0.29, 0.717) is 5.82 Å². The lowest BCUT2D eigenvalue weighted by molar-refractivity contribution is 1.12. The van der Waals surface area contributed by atoms with E-state index in [1.807, 2.05) is 41.9 Å². The van der Waals surface area contributed by atoms with Gasteiger partial charge in [0.15, 0.2) is 0 Å². The van der Waals surface area contributed by atoms with Crippen molar-refractivity contribution in [1.82, 2.24) is 4.98 Å². The van der Waals surface area contributed by atoms with Crippen molar-refractivity contribution in [2.75, 3.05) is 23.5 Å². The third-order valence-electron chi connectivity index (χ3n) is 1.52. The molecule has 0 amide bonds. The van der Waals surface area contributed by atoms with E-state index in [4.69, 9.17) is 5.73 Å². The van der Waals surface area contributed by atoms with Gasteiger partial charge in [-0.05, 0) is 36.3 Å². The van der Waals surface area contributed by atoms with E-state index in [0.717, 1.165) is 5.75 Å². The van der Waals surface area contributed by atoms with Crippen LogP contribution in [0.15, 0.2) is 23.2 Å². The Kier molecular flexibility index (Phi) is 5.08. The van der Waals surface area contributed by atoms with E-state index < -0.39 is 0 Å². The molecule has 0 saturated carbocycles. The summed E-state index contributed by atoms with van der Waals surface area (Å²) in [5, 5.41) is 0. The number of anilines is 1. The van der Waals surface area contributed by atoms with Crippen LogP contribution in [0.5, 0.6) is 0 Å². The number of thioether (sulfide) groups is 2. The summed E-state index contributed by atoms with van der Waals surface area (Å²) < 4.78 is 0. The van der Waals surface area contributed by atoms with E-state index in [-0.39, 0.29) is 0 Å². The highest BCUT2D eigenvalue weighted by molar-refractivity contribution is 7.99. The van der Waals surface area contributed by atoms with Crippen molar-refractivity contribution in [2.45, 2.75) is 11.3 Å². The molecule has 0 aliphatic carbocycles. The molecule has 2 nitrogen and oxygen atoms in total. The molecular formula is C9H14N2S2. The molecule has 0 aliphatic heterocycles. The van der Waals surface area contributed by atoms with Crippen LogP contribution in [0, 0.1) is 0 Å². The standard InChI is InChI=1S/C9H14N2S2/c1-12-5-2-6-13-8-3-4-9(10)11-7-8/h3-4,7H,2,5-6H2,1H3,(H2,10,11). The van der Waals surface area contributed by atoms with Crippen LogP contribution in [0.1, 0.15) is 6.42 Å². The summed E-state index contributed by atoms with van der Waals surface area (Å²) in [6, 6.07) is 3.86. The molecule has 4 heteroatoms. The lowest BCUT2D eigenvalue weighted by atomic mass is 10.5. The van der Waals surface area contributed by atoms with Crippen LogP contribution >= 0.6 is 23.5 Å². The van der Waals surface area contributed by atoms with Crippen LogP contribution in [0.3, 0.4) is 0 Å². The third kappa shape index (κ3) is 4.43. The van der Waals surface area contributed by atoms with Gasteiger partial charge in [0, 0.05) is 11.1 Å². The van der Waals surface area contributed by atoms with E-state index in [1.54, 1.807) is 0 Å². The Labute approximate surface area is 87.7 Å². The Balaban J connectivity index is 2.25. The van der Waals surface area contributed by atoms with Gasteiger partial charge in [-0.3, -0.25) is 0 Å². The molecule has 1 aromatic rings. The summed E-state index contributed by atoms with van der Waals surface area (Å²) in [5.41, 5.74) is 5.48. The highest BCUT2D eigenvalue weighted by Gasteiger charge is 1.94. The minimum atomic E-state index is 0.591. The predicted octanol–water partition coefficient (Wildman–Crippen LogP) is 2.51. The van der Waals surface area contributed by atoms with Crippen LogP contribution in [-0.2, 0) is 0 Å². The first-order chi connectivity index (χ1) is 6.33. The number of hydrogen-bond donors (Lipinski definition) is 1. The first kappa shape index (κ1) is 10.7. The second-order valence-corrected chi connectivity index (χ2v) is 4.77. The molecule has 0 bridgehead atoms. The molecule has 72 valence electrons. The third-order valence-corrected chi connectivity index (χ3v) is 3.29. The summed E-state index contributed by atoms with van der Waals surface area (Å²) in [5.74, 6) is 2.98. The number of nitrogens with two attached hydrogens (primary N) is 1. The first-order valence-electron chi connectivity index (χ1n) is 4.16. The molecule has 0 radical (unpaired) electrons. The van der Waals surface area contributed by atoms with Crippen molar-refractivity contribution in [3.8, 4) is 0 Å². The molecule has 0 unspecified atom stereocenters. The molecule has 0 spiro atoms. The first-order valence-corrected chi connectivity index (χ1v) is 6.54. The fraction of sp³-hybridized carbons (Fsp3) is 0.444. The fourth-order valence-corrected chi connectivity index (χ4v) is 2.30. The molecule has 13 heavy (non-hydrogen) atoms. The SMILES string of the molecule is CSCCCSc1ccc(N)nc1. The van der Waals surface area contributed by atoms with E-state index in [1.165, 1.54) is 17.1 Å². The summed E-state index contributed by atoms with van der Waals surface area (Å²) in [6.07, 6.45) is 5.21. The Morgan fingerprint density at radius 3 is 2.85 bits per heavy atom. The lowest BCUT2D eigenvalue weighted by Gasteiger charge is -2.00. The van der Waals surface area contributed by atoms with Gasteiger partial charge in [-0.25, -0.2) is 4.98 Å². The molecule has 0 aromatic carbocycles. The Bertz CT molecular complexity index is 236. The monoisotopic (exact) mass is 214 g/mol. The number of nitrogen functional groups attached to an aromatic ring is 1. The molecule has 0 saturated heterocycles. The zero-order valence-corrected chi connectivity index (χ0v) is 9.33. The van der Waals surface area contributed by atoms with Crippen molar-refractivity contribution in [3.05, 3.63) is 18.3 Å². The van der Waals surface area contributed by atoms with E-state index in [9.17, 15) is 0 Å². The second kappa shape index (κ2) is 6.16. The smallest absolute Gasteiger partial charge is 0.123 e. The predicted molar refractivity (Wildman–Crippen MR) is 62.4 cm³/mol. The van der Waals surface area contributed by atoms with Gasteiger partial charge >= 0.3 is 0 Å². The topological polar surface area (TPSA) is 38.9 Å². The molecule has 0 aliphatic rings. The second-order valence-electron chi connectivity index (χ2n) is 2.61. The Morgan fingerprint density at radius 2 is 2.23 bits per heavy atom. The molecule has 0 fully saturated rings. The van der Waals surface area contributed by atoms with Crippen LogP contribution < -0.4 is 5.73 Å². The Hall–Kier alpha value is -0.350. The molecule has 1 rings (SSSR count). The van der Waals surface area contributed by atoms with E-state index in [2.05, 4.69) is 11.2 Å². The lowest BCUT2D eigenvalue weighted by Crippen LogP contribution is -1.89. The number of aromatic nitrogens is 1. The van der Waals surface area contributed by atoms with Gasteiger partial charge in [-0.2, -0.15) is 11.8 Å². The van der Waals surface area contributed by atoms with Gasteiger partial charge in [0.05, 0.1) is 0 Å². The van der Waals surface area contributed by atoms with Gasteiger partial charge in [-0.15, -0.1) is 11.8 Å². The quantitative estimate of drug-likeness (QED) is 0.604. The van der Waals surface area contributed by atoms with Crippen LogP contribution in [0.2, 0.25) is 0 Å². The molecule has 1 aromatic heterocycles. The highest BCUT2D eigenvalue weighted by atomic mass is 32.2. The largest absolute Gasteiger partial charge is 0.384 e. The van der Waals surface area contributed by atoms with Crippen molar-refractivity contribution in [3.63, 3.8) is 0 Å².